The van der Waals surface area contributed by atoms with Gasteiger partial charge in [-0.05, 0) is 12.8 Å². The van der Waals surface area contributed by atoms with E-state index in [1.165, 1.54) is 74.0 Å². The maximum absolute atomic E-state index is 13.3. The smallest absolute Gasteiger partial charge is 0.181 e. The summed E-state index contributed by atoms with van der Waals surface area (Å²) in [5.74, 6) is 0.0220. The van der Waals surface area contributed by atoms with Crippen LogP contribution in [0.4, 0.5) is 11.4 Å². The Kier molecular flexibility index (Phi) is 14.7. The molecule has 0 aliphatic heterocycles. The number of hydrogen-bond donors (Lipinski definition) is 2. The van der Waals surface area contributed by atoms with Crippen LogP contribution in [0.2, 0.25) is 0 Å². The number of nitrogen functional groups attached to an aromatic ring is 2. The molecule has 0 fully saturated rings. The average Bonchev–Trinajstić information content (AvgIpc) is 3.45. The van der Waals surface area contributed by atoms with Crippen molar-refractivity contribution in [2.45, 2.75) is 126 Å². The zero-order chi connectivity index (χ0) is 28.0. The third-order valence-corrected chi connectivity index (χ3v) is 13.1. The van der Waals surface area contributed by atoms with Crippen LogP contribution in [0.3, 0.4) is 0 Å². The van der Waals surface area contributed by atoms with Gasteiger partial charge in [0, 0.05) is 10.8 Å². The first-order valence-electron chi connectivity index (χ1n) is 14.4. The van der Waals surface area contributed by atoms with Crippen molar-refractivity contribution in [1.82, 2.24) is 0 Å². The summed E-state index contributed by atoms with van der Waals surface area (Å²) in [7, 11) is -7.32. The molecule has 0 amide bonds. The maximum Gasteiger partial charge on any atom is 0.181 e. The van der Waals surface area contributed by atoms with Crippen LogP contribution in [-0.4, -0.2) is 28.3 Å². The Morgan fingerprint density at radius 3 is 1.13 bits per heavy atom. The van der Waals surface area contributed by atoms with Gasteiger partial charge >= 0.3 is 0 Å². The van der Waals surface area contributed by atoms with E-state index in [4.69, 9.17) is 11.5 Å². The van der Waals surface area contributed by atoms with E-state index in [1.54, 1.807) is 10.8 Å². The summed E-state index contributed by atoms with van der Waals surface area (Å²) in [6.07, 6.45) is 16.9. The lowest BCUT2D eigenvalue weighted by molar-refractivity contribution is 0.572. The third kappa shape index (κ3) is 10.1. The normalized spacial score (nSPS) is 12.4. The van der Waals surface area contributed by atoms with Crippen molar-refractivity contribution in [2.24, 2.45) is 0 Å². The van der Waals surface area contributed by atoms with E-state index in [-0.39, 0.29) is 32.7 Å². The van der Waals surface area contributed by atoms with Crippen LogP contribution in [-0.2, 0) is 19.7 Å². The Hall–Kier alpha value is -1.10. The Morgan fingerprint density at radius 2 is 0.816 bits per heavy atom. The third-order valence-electron chi connectivity index (χ3n) is 6.91. The molecule has 0 saturated carbocycles. The maximum atomic E-state index is 13.3. The van der Waals surface area contributed by atoms with Crippen LogP contribution in [0.15, 0.2) is 20.6 Å². The SMILES string of the molecule is CCCCCCCCCCS(=O)(=O)c1c(N)csc1-c1scc(N)c1S(=O)(=O)CCCCCCCCCC. The van der Waals surface area contributed by atoms with Crippen molar-refractivity contribution in [2.75, 3.05) is 23.0 Å². The molecule has 0 unspecified atom stereocenters. The summed E-state index contributed by atoms with van der Waals surface area (Å²) in [5, 5.41) is 3.20. The van der Waals surface area contributed by atoms with Gasteiger partial charge in [-0.15, -0.1) is 22.7 Å². The lowest BCUT2D eigenvalue weighted by Crippen LogP contribution is -2.11. The highest BCUT2D eigenvalue weighted by Gasteiger charge is 2.31. The van der Waals surface area contributed by atoms with E-state index < -0.39 is 19.7 Å². The molecule has 0 aromatic carbocycles. The molecule has 0 spiro atoms. The van der Waals surface area contributed by atoms with Gasteiger partial charge in [-0.3, -0.25) is 0 Å². The van der Waals surface area contributed by atoms with Crippen molar-refractivity contribution in [3.05, 3.63) is 10.8 Å². The standard InChI is InChI=1S/C28H48N2O4S4/c1-3-5-7-9-11-13-15-17-19-37(31,32)27-23(29)21-35-25(27)26-28(24(30)22-36-26)38(33,34)20-18-16-14-12-10-8-6-4-2/h21-22H,3-20,29-30H2,1-2H3. The zero-order valence-corrected chi connectivity index (χ0v) is 26.6. The van der Waals surface area contributed by atoms with Crippen LogP contribution in [0.5, 0.6) is 0 Å². The highest BCUT2D eigenvalue weighted by atomic mass is 32.2. The zero-order valence-electron chi connectivity index (χ0n) is 23.3. The number of unbranched alkanes of at least 4 members (excludes halogenated alkanes) is 14. The average molecular weight is 605 g/mol. The van der Waals surface area contributed by atoms with E-state index in [2.05, 4.69) is 13.8 Å². The highest BCUT2D eigenvalue weighted by Crippen LogP contribution is 2.46. The second-order valence-electron chi connectivity index (χ2n) is 10.3. The largest absolute Gasteiger partial charge is 0.397 e. The fourth-order valence-electron chi connectivity index (χ4n) is 4.73. The molecule has 0 bridgehead atoms. The summed E-state index contributed by atoms with van der Waals surface area (Å²) in [6.45, 7) is 4.38. The second kappa shape index (κ2) is 16.9. The lowest BCUT2D eigenvalue weighted by Gasteiger charge is -2.10. The molecule has 0 aliphatic carbocycles. The summed E-state index contributed by atoms with van der Waals surface area (Å²) in [6, 6.07) is 0. The first-order chi connectivity index (χ1) is 18.2. The van der Waals surface area contributed by atoms with E-state index in [1.807, 2.05) is 0 Å². The molecule has 38 heavy (non-hydrogen) atoms. The van der Waals surface area contributed by atoms with Gasteiger partial charge in [0.15, 0.2) is 19.7 Å². The molecular weight excluding hydrogens is 557 g/mol. The number of sulfone groups is 2. The number of nitrogens with two attached hydrogens (primary N) is 2. The Bertz CT molecular complexity index is 1080. The highest BCUT2D eigenvalue weighted by molar-refractivity contribution is 7.92. The quantitative estimate of drug-likeness (QED) is 0.138. The summed E-state index contributed by atoms with van der Waals surface area (Å²) in [5.41, 5.74) is 12.6. The molecule has 2 heterocycles. The van der Waals surface area contributed by atoms with Gasteiger partial charge in [-0.25, -0.2) is 16.8 Å². The van der Waals surface area contributed by atoms with Gasteiger partial charge in [-0.2, -0.15) is 0 Å². The van der Waals surface area contributed by atoms with Crippen molar-refractivity contribution in [3.63, 3.8) is 0 Å². The second-order valence-corrected chi connectivity index (χ2v) is 16.1. The summed E-state index contributed by atoms with van der Waals surface area (Å²) in [4.78, 5) is 0.933. The van der Waals surface area contributed by atoms with Crippen molar-refractivity contribution in [1.29, 1.82) is 0 Å². The van der Waals surface area contributed by atoms with Crippen molar-refractivity contribution < 1.29 is 16.8 Å². The van der Waals surface area contributed by atoms with E-state index in [9.17, 15) is 16.8 Å². The number of thiophene rings is 2. The summed E-state index contributed by atoms with van der Waals surface area (Å²) < 4.78 is 53.4. The molecule has 2 aromatic heterocycles. The van der Waals surface area contributed by atoms with Crippen LogP contribution in [0, 0.1) is 0 Å². The molecule has 218 valence electrons. The van der Waals surface area contributed by atoms with Crippen LogP contribution < -0.4 is 11.5 Å². The Labute approximate surface area is 239 Å². The molecule has 10 heteroatoms. The van der Waals surface area contributed by atoms with Gasteiger partial charge in [0.1, 0.15) is 9.79 Å². The fraction of sp³-hybridized carbons (Fsp3) is 0.714. The van der Waals surface area contributed by atoms with Gasteiger partial charge in [0.25, 0.3) is 0 Å². The molecule has 0 radical (unpaired) electrons. The predicted molar refractivity (Wildman–Crippen MR) is 166 cm³/mol. The van der Waals surface area contributed by atoms with Crippen LogP contribution in [0.25, 0.3) is 9.75 Å². The minimum absolute atomic E-state index is 0.0110. The van der Waals surface area contributed by atoms with Crippen LogP contribution in [0.1, 0.15) is 117 Å². The van der Waals surface area contributed by atoms with E-state index in [0.29, 0.717) is 22.6 Å². The lowest BCUT2D eigenvalue weighted by atomic mass is 10.1. The van der Waals surface area contributed by atoms with E-state index >= 15 is 0 Å². The Balaban J connectivity index is 2.06. The van der Waals surface area contributed by atoms with Crippen molar-refractivity contribution >= 4 is 53.7 Å². The fourth-order valence-corrected chi connectivity index (χ4v) is 11.1. The van der Waals surface area contributed by atoms with Gasteiger partial charge < -0.3 is 11.5 Å². The van der Waals surface area contributed by atoms with Gasteiger partial charge in [0.05, 0.1) is 32.6 Å². The molecule has 4 N–H and O–H groups in total. The number of hydrogen-bond acceptors (Lipinski definition) is 8. The first kappa shape index (κ1) is 33.1. The van der Waals surface area contributed by atoms with Gasteiger partial charge in [0.2, 0.25) is 0 Å². The monoisotopic (exact) mass is 604 g/mol. The predicted octanol–water partition coefficient (Wildman–Crippen LogP) is 8.47. The molecule has 0 aliphatic rings. The first-order valence-corrected chi connectivity index (χ1v) is 19.4. The van der Waals surface area contributed by atoms with E-state index in [0.717, 1.165) is 38.5 Å². The number of anilines is 2. The molecule has 0 atom stereocenters. The molecule has 2 aromatic rings. The summed E-state index contributed by atoms with van der Waals surface area (Å²) >= 11 is 2.36. The molecular formula is C28H48N2O4S4. The topological polar surface area (TPSA) is 120 Å². The minimum Gasteiger partial charge on any atom is -0.397 e. The Morgan fingerprint density at radius 1 is 0.526 bits per heavy atom. The molecule has 0 saturated heterocycles. The molecule has 2 rings (SSSR count). The van der Waals surface area contributed by atoms with Crippen LogP contribution >= 0.6 is 22.7 Å². The van der Waals surface area contributed by atoms with Gasteiger partial charge in [-0.1, -0.05) is 104 Å². The van der Waals surface area contributed by atoms with Crippen molar-refractivity contribution in [3.8, 4) is 9.75 Å². The molecule has 6 nitrogen and oxygen atoms in total. The minimum atomic E-state index is -3.66. The number of rotatable bonds is 21.